The number of halogens is 1. The monoisotopic (exact) mass is 360 g/mol. The van der Waals surface area contributed by atoms with Gasteiger partial charge in [-0.15, -0.1) is 0 Å². The number of benzene rings is 1. The first-order valence-corrected chi connectivity index (χ1v) is 8.74. The molecular formula is C18H25FN6O. The number of aliphatic imine (C=N–C) groups is 1. The van der Waals surface area contributed by atoms with Crippen molar-refractivity contribution in [2.75, 3.05) is 26.8 Å². The zero-order chi connectivity index (χ0) is 18.4. The van der Waals surface area contributed by atoms with Gasteiger partial charge in [0, 0.05) is 39.3 Å². The van der Waals surface area contributed by atoms with Crippen LogP contribution in [-0.2, 0) is 23.7 Å². The minimum atomic E-state index is -0.210. The summed E-state index contributed by atoms with van der Waals surface area (Å²) in [5.41, 5.74) is 0.819. The molecule has 1 aromatic heterocycles. The molecule has 1 fully saturated rings. The van der Waals surface area contributed by atoms with Crippen LogP contribution in [0.4, 0.5) is 4.39 Å². The molecule has 0 aliphatic carbocycles. The molecule has 0 unspecified atom stereocenters. The lowest BCUT2D eigenvalue weighted by Gasteiger charge is -2.38. The molecule has 2 aromatic rings. The number of ether oxygens (including phenoxy) is 1. The molecule has 1 saturated heterocycles. The highest BCUT2D eigenvalue weighted by molar-refractivity contribution is 5.79. The van der Waals surface area contributed by atoms with E-state index in [1.165, 1.54) is 12.4 Å². The van der Waals surface area contributed by atoms with Gasteiger partial charge in [-0.1, -0.05) is 12.1 Å². The van der Waals surface area contributed by atoms with Crippen LogP contribution in [0.3, 0.4) is 0 Å². The van der Waals surface area contributed by atoms with Crippen molar-refractivity contribution >= 4 is 5.96 Å². The Balaban J connectivity index is 1.68. The molecule has 2 N–H and O–H groups in total. The van der Waals surface area contributed by atoms with Crippen molar-refractivity contribution in [2.24, 2.45) is 12.0 Å². The number of hydrogen-bond donors (Lipinski definition) is 2. The van der Waals surface area contributed by atoms with E-state index in [0.29, 0.717) is 32.3 Å². The van der Waals surface area contributed by atoms with Crippen molar-refractivity contribution in [1.29, 1.82) is 0 Å². The van der Waals surface area contributed by atoms with Gasteiger partial charge in [-0.25, -0.2) is 9.37 Å². The second kappa shape index (κ2) is 8.27. The van der Waals surface area contributed by atoms with E-state index in [1.54, 1.807) is 23.9 Å². The fraction of sp³-hybridized carbons (Fsp3) is 0.500. The van der Waals surface area contributed by atoms with Gasteiger partial charge in [-0.3, -0.25) is 9.67 Å². The first-order valence-electron chi connectivity index (χ1n) is 8.74. The van der Waals surface area contributed by atoms with Crippen LogP contribution in [0.2, 0.25) is 0 Å². The topological polar surface area (TPSA) is 76.4 Å². The molecule has 0 spiro atoms. The third kappa shape index (κ3) is 4.19. The third-order valence-electron chi connectivity index (χ3n) is 4.92. The van der Waals surface area contributed by atoms with E-state index in [9.17, 15) is 4.39 Å². The lowest BCUT2D eigenvalue weighted by Crippen LogP contribution is -2.48. The van der Waals surface area contributed by atoms with Gasteiger partial charge in [0.15, 0.2) is 5.96 Å². The Labute approximate surface area is 152 Å². The van der Waals surface area contributed by atoms with Gasteiger partial charge in [-0.05, 0) is 30.5 Å². The Bertz CT molecular complexity index is 754. The predicted molar refractivity (Wildman–Crippen MR) is 97.3 cm³/mol. The highest BCUT2D eigenvalue weighted by atomic mass is 19.1. The van der Waals surface area contributed by atoms with E-state index in [0.717, 1.165) is 24.2 Å². The zero-order valence-corrected chi connectivity index (χ0v) is 15.2. The van der Waals surface area contributed by atoms with Crippen LogP contribution in [0.1, 0.15) is 24.2 Å². The quantitative estimate of drug-likeness (QED) is 0.622. The summed E-state index contributed by atoms with van der Waals surface area (Å²) in [6.07, 6.45) is 3.20. The predicted octanol–water partition coefficient (Wildman–Crippen LogP) is 1.37. The molecule has 1 aromatic carbocycles. The number of nitrogens with one attached hydrogen (secondary N) is 2. The van der Waals surface area contributed by atoms with E-state index in [-0.39, 0.29) is 11.2 Å². The van der Waals surface area contributed by atoms with E-state index in [1.807, 2.05) is 13.1 Å². The Kier molecular flexibility index (Phi) is 5.82. The van der Waals surface area contributed by atoms with Crippen molar-refractivity contribution in [2.45, 2.75) is 24.8 Å². The number of aromatic nitrogens is 3. The van der Waals surface area contributed by atoms with Crippen LogP contribution in [0.25, 0.3) is 0 Å². The lowest BCUT2D eigenvalue weighted by atomic mass is 9.74. The Morgan fingerprint density at radius 3 is 2.81 bits per heavy atom. The van der Waals surface area contributed by atoms with E-state index in [2.05, 4.69) is 25.7 Å². The number of guanidine groups is 1. The molecule has 8 heteroatoms. The average molecular weight is 360 g/mol. The zero-order valence-electron chi connectivity index (χ0n) is 15.2. The largest absolute Gasteiger partial charge is 0.381 e. The summed E-state index contributed by atoms with van der Waals surface area (Å²) < 4.78 is 21.0. The summed E-state index contributed by atoms with van der Waals surface area (Å²) in [5, 5.41) is 10.7. The molecule has 0 atom stereocenters. The molecule has 140 valence electrons. The van der Waals surface area contributed by atoms with Crippen LogP contribution < -0.4 is 10.6 Å². The van der Waals surface area contributed by atoms with Crippen molar-refractivity contribution in [1.82, 2.24) is 25.4 Å². The smallest absolute Gasteiger partial charge is 0.191 e. The fourth-order valence-electron chi connectivity index (χ4n) is 3.26. The number of nitrogens with zero attached hydrogens (tertiary/aromatic N) is 4. The second-order valence-corrected chi connectivity index (χ2v) is 6.48. The molecule has 0 bridgehead atoms. The van der Waals surface area contributed by atoms with Gasteiger partial charge in [-0.2, -0.15) is 5.10 Å². The maximum absolute atomic E-state index is 13.8. The van der Waals surface area contributed by atoms with Crippen molar-refractivity contribution in [3.63, 3.8) is 0 Å². The molecule has 7 nitrogen and oxygen atoms in total. The summed E-state index contributed by atoms with van der Waals surface area (Å²) in [4.78, 5) is 8.47. The minimum absolute atomic E-state index is 0.178. The molecule has 3 rings (SSSR count). The standard InChI is InChI=1S/C18H25FN6O/c1-20-17(21-11-16-23-13-24-25(16)2)22-12-18(6-8-26-9-7-18)14-4-3-5-15(19)10-14/h3-5,10,13H,6-9,11-12H2,1-2H3,(H2,20,21,22). The van der Waals surface area contributed by atoms with E-state index < -0.39 is 0 Å². The van der Waals surface area contributed by atoms with Gasteiger partial charge < -0.3 is 15.4 Å². The van der Waals surface area contributed by atoms with Crippen LogP contribution in [0, 0.1) is 5.82 Å². The van der Waals surface area contributed by atoms with Crippen molar-refractivity contribution in [3.05, 3.63) is 47.8 Å². The van der Waals surface area contributed by atoms with Crippen molar-refractivity contribution < 1.29 is 9.13 Å². The molecule has 1 aliphatic heterocycles. The second-order valence-electron chi connectivity index (χ2n) is 6.48. The fourth-order valence-corrected chi connectivity index (χ4v) is 3.26. The Morgan fingerprint density at radius 1 is 1.35 bits per heavy atom. The van der Waals surface area contributed by atoms with Gasteiger partial charge in [0.2, 0.25) is 0 Å². The van der Waals surface area contributed by atoms with Crippen LogP contribution in [-0.4, -0.2) is 47.5 Å². The number of rotatable bonds is 5. The Hall–Kier alpha value is -2.48. The maximum Gasteiger partial charge on any atom is 0.191 e. The normalized spacial score (nSPS) is 17.1. The first kappa shape index (κ1) is 18.3. The molecule has 1 aliphatic rings. The molecule has 0 saturated carbocycles. The highest BCUT2D eigenvalue weighted by Gasteiger charge is 2.34. The average Bonchev–Trinajstić information content (AvgIpc) is 3.07. The van der Waals surface area contributed by atoms with E-state index in [4.69, 9.17) is 4.74 Å². The molecule has 2 heterocycles. The summed E-state index contributed by atoms with van der Waals surface area (Å²) in [7, 11) is 3.58. The SMILES string of the molecule is CN=C(NCc1ncnn1C)NCC1(c2cccc(F)c2)CCOCC1. The van der Waals surface area contributed by atoms with Crippen LogP contribution in [0.15, 0.2) is 35.6 Å². The number of hydrogen-bond acceptors (Lipinski definition) is 4. The van der Waals surface area contributed by atoms with Gasteiger partial charge in [0.1, 0.15) is 18.0 Å². The van der Waals surface area contributed by atoms with Crippen LogP contribution in [0.5, 0.6) is 0 Å². The summed E-state index contributed by atoms with van der Waals surface area (Å²) >= 11 is 0. The highest BCUT2D eigenvalue weighted by Crippen LogP contribution is 2.34. The minimum Gasteiger partial charge on any atom is -0.381 e. The van der Waals surface area contributed by atoms with Gasteiger partial charge >= 0.3 is 0 Å². The summed E-state index contributed by atoms with van der Waals surface area (Å²) in [5.74, 6) is 1.28. The lowest BCUT2D eigenvalue weighted by molar-refractivity contribution is 0.0513. The van der Waals surface area contributed by atoms with Gasteiger partial charge in [0.05, 0.1) is 6.54 Å². The van der Waals surface area contributed by atoms with Crippen LogP contribution >= 0.6 is 0 Å². The third-order valence-corrected chi connectivity index (χ3v) is 4.92. The molecule has 0 amide bonds. The van der Waals surface area contributed by atoms with E-state index >= 15 is 0 Å². The van der Waals surface area contributed by atoms with Crippen molar-refractivity contribution in [3.8, 4) is 0 Å². The first-order chi connectivity index (χ1) is 12.6. The maximum atomic E-state index is 13.8. The number of aryl methyl sites for hydroxylation is 1. The molecule has 26 heavy (non-hydrogen) atoms. The molecular weight excluding hydrogens is 335 g/mol. The molecule has 0 radical (unpaired) electrons. The summed E-state index contributed by atoms with van der Waals surface area (Å²) in [6.45, 7) is 2.51. The summed E-state index contributed by atoms with van der Waals surface area (Å²) in [6, 6.07) is 6.86. The Morgan fingerprint density at radius 2 is 2.15 bits per heavy atom. The van der Waals surface area contributed by atoms with Gasteiger partial charge in [0.25, 0.3) is 0 Å².